The number of fused-ring (bicyclic) bond motifs is 15. The fourth-order valence-electron chi connectivity index (χ4n) is 12.0. The first-order chi connectivity index (χ1) is 38.1. The third kappa shape index (κ3) is 6.40. The maximum atomic E-state index is 6.75. The van der Waals surface area contributed by atoms with Gasteiger partial charge in [-0.05, 0) is 113 Å². The summed E-state index contributed by atoms with van der Waals surface area (Å²) in [6, 6.07) is 80.9. The molecule has 6 heterocycles. The fraction of sp³-hybridized carbons (Fsp3) is 0. The highest BCUT2D eigenvalue weighted by atomic mass is 32.1. The van der Waals surface area contributed by atoms with Gasteiger partial charge < -0.3 is 17.8 Å². The summed E-state index contributed by atoms with van der Waals surface area (Å²) in [7, 11) is 0. The van der Waals surface area contributed by atoms with Crippen molar-refractivity contribution >= 4 is 119 Å². The van der Waals surface area contributed by atoms with Crippen molar-refractivity contribution in [3.05, 3.63) is 231 Å². The van der Waals surface area contributed by atoms with Gasteiger partial charge in [0.05, 0.1) is 11.0 Å². The molecule has 6 aromatic heterocycles. The van der Waals surface area contributed by atoms with Crippen LogP contribution < -0.4 is 0 Å². The predicted octanol–water partition coefficient (Wildman–Crippen LogP) is 19.4. The van der Waals surface area contributed by atoms with E-state index in [0.29, 0.717) is 17.5 Å². The van der Waals surface area contributed by atoms with Crippen molar-refractivity contribution < 1.29 is 13.3 Å². The SMILES string of the molecule is c1ccc(-n2c3ccccc3c3ccc(-c4cc(-c5ccc6oc7cccc(-c8nc(-c9ccc%10c(c9)oc9ccccc9%10)nc(-c9cccc%10sc%11ccccc%11c9%10)n8)c7c6c5)c5c(c4)oc4ccccc45)cc32)cc1. The van der Waals surface area contributed by atoms with Crippen molar-refractivity contribution in [1.82, 2.24) is 19.5 Å². The molecule has 0 bridgehead atoms. The normalized spacial score (nSPS) is 12.2. The average Bonchev–Trinajstić information content (AvgIpc) is 4.38. The average molecular weight is 1000 g/mol. The van der Waals surface area contributed by atoms with E-state index in [1.807, 2.05) is 42.5 Å². The summed E-state index contributed by atoms with van der Waals surface area (Å²) < 4.78 is 24.7. The second-order valence-corrected chi connectivity index (χ2v) is 20.9. The van der Waals surface area contributed by atoms with Crippen LogP contribution in [-0.2, 0) is 0 Å². The van der Waals surface area contributed by atoms with E-state index in [1.165, 1.54) is 31.1 Å². The van der Waals surface area contributed by atoms with Crippen molar-refractivity contribution in [3.63, 3.8) is 0 Å². The highest BCUT2D eigenvalue weighted by molar-refractivity contribution is 7.25. The van der Waals surface area contributed by atoms with E-state index in [0.717, 1.165) is 121 Å². The zero-order valence-electron chi connectivity index (χ0n) is 40.9. The first-order valence-electron chi connectivity index (χ1n) is 25.7. The van der Waals surface area contributed by atoms with Crippen LogP contribution in [0.5, 0.6) is 0 Å². The number of furan rings is 3. The zero-order valence-corrected chi connectivity index (χ0v) is 41.7. The second-order valence-electron chi connectivity index (χ2n) is 19.8. The summed E-state index contributed by atoms with van der Waals surface area (Å²) in [5.74, 6) is 1.67. The van der Waals surface area contributed by atoms with Crippen LogP contribution in [0.4, 0.5) is 0 Å². The zero-order chi connectivity index (χ0) is 50.3. The maximum absolute atomic E-state index is 6.75. The summed E-state index contributed by atoms with van der Waals surface area (Å²) in [5, 5.41) is 10.8. The first-order valence-corrected chi connectivity index (χ1v) is 26.5. The Balaban J connectivity index is 0.880. The van der Waals surface area contributed by atoms with Gasteiger partial charge in [-0.15, -0.1) is 11.3 Å². The fourth-order valence-corrected chi connectivity index (χ4v) is 13.1. The van der Waals surface area contributed by atoms with Crippen molar-refractivity contribution in [2.45, 2.75) is 0 Å². The lowest BCUT2D eigenvalue weighted by molar-refractivity contribution is 0.668. The molecule has 17 aromatic rings. The molecule has 0 atom stereocenters. The van der Waals surface area contributed by atoms with Crippen LogP contribution in [0.3, 0.4) is 0 Å². The van der Waals surface area contributed by atoms with Crippen LogP contribution in [0.25, 0.3) is 170 Å². The van der Waals surface area contributed by atoms with Gasteiger partial charge in [0, 0.05) is 85.6 Å². The molecule has 17 rings (SSSR count). The summed E-state index contributed by atoms with van der Waals surface area (Å²) in [4.78, 5) is 16.1. The lowest BCUT2D eigenvalue weighted by Gasteiger charge is -2.11. The van der Waals surface area contributed by atoms with Gasteiger partial charge in [0.1, 0.15) is 33.5 Å². The molecule has 0 aliphatic heterocycles. The molecule has 0 amide bonds. The van der Waals surface area contributed by atoms with Crippen LogP contribution in [0.15, 0.2) is 244 Å². The maximum Gasteiger partial charge on any atom is 0.164 e. The van der Waals surface area contributed by atoms with Gasteiger partial charge in [-0.3, -0.25) is 0 Å². The van der Waals surface area contributed by atoms with E-state index >= 15 is 0 Å². The number of hydrogen-bond acceptors (Lipinski definition) is 7. The molecule has 0 saturated carbocycles. The largest absolute Gasteiger partial charge is 0.456 e. The minimum absolute atomic E-state index is 0.540. The molecule has 0 saturated heterocycles. The van der Waals surface area contributed by atoms with Crippen molar-refractivity contribution in [2.24, 2.45) is 0 Å². The number of hydrogen-bond donors (Lipinski definition) is 0. The van der Waals surface area contributed by atoms with Crippen LogP contribution in [0.2, 0.25) is 0 Å². The lowest BCUT2D eigenvalue weighted by Crippen LogP contribution is -2.00. The van der Waals surface area contributed by atoms with Gasteiger partial charge in [-0.1, -0.05) is 140 Å². The number of rotatable bonds is 6. The molecule has 0 fully saturated rings. The van der Waals surface area contributed by atoms with Crippen LogP contribution in [0, 0.1) is 0 Å². The summed E-state index contributed by atoms with van der Waals surface area (Å²) in [6.07, 6.45) is 0. The quantitative estimate of drug-likeness (QED) is 0.165. The number of benzene rings is 11. The van der Waals surface area contributed by atoms with Crippen molar-refractivity contribution in [2.75, 3.05) is 0 Å². The molecule has 0 aliphatic rings. The number of aromatic nitrogens is 4. The van der Waals surface area contributed by atoms with Gasteiger partial charge in [-0.25, -0.2) is 15.0 Å². The monoisotopic (exact) mass is 1000 g/mol. The van der Waals surface area contributed by atoms with Crippen LogP contribution in [-0.4, -0.2) is 19.5 Å². The topological polar surface area (TPSA) is 83.0 Å². The van der Waals surface area contributed by atoms with Gasteiger partial charge in [0.2, 0.25) is 0 Å². The summed E-state index contributed by atoms with van der Waals surface area (Å²) >= 11 is 1.78. The third-order valence-electron chi connectivity index (χ3n) is 15.5. The Hall–Kier alpha value is -10.2. The smallest absolute Gasteiger partial charge is 0.164 e. The van der Waals surface area contributed by atoms with E-state index in [9.17, 15) is 0 Å². The summed E-state index contributed by atoms with van der Waals surface area (Å²) in [6.45, 7) is 0. The molecule has 0 aliphatic carbocycles. The molecular weight excluding hydrogens is 965 g/mol. The molecular formula is C69H38N4O3S. The Morgan fingerprint density at radius 2 is 0.857 bits per heavy atom. The standard InChI is InChI=1S/C69H38N4O3S/c1-2-14-43(15-3-1)73-54-22-8-4-16-44(54)45-31-28-39(36-55(45)73)42-35-52(64-48-18-6-10-24-57(48)76-61(64)38-42)40-30-33-58-53(34-40)65-50(20-12-25-59(65)74-58)68-70-67(41-29-32-47-46-17-5-9-23-56(46)75-60(47)37-41)71-69(72-68)51-21-13-27-63-66(51)49-19-7-11-26-62(49)77-63/h1-38H. The second kappa shape index (κ2) is 16.2. The molecule has 0 radical (unpaired) electrons. The van der Waals surface area contributed by atoms with Gasteiger partial charge in [-0.2, -0.15) is 0 Å². The Morgan fingerprint density at radius 3 is 1.73 bits per heavy atom. The predicted molar refractivity (Wildman–Crippen MR) is 316 cm³/mol. The van der Waals surface area contributed by atoms with E-state index in [2.05, 4.69) is 193 Å². The van der Waals surface area contributed by atoms with E-state index in [1.54, 1.807) is 11.3 Å². The molecule has 0 spiro atoms. The highest BCUT2D eigenvalue weighted by Gasteiger charge is 2.23. The Bertz CT molecular complexity index is 5310. The van der Waals surface area contributed by atoms with Crippen LogP contribution >= 0.6 is 11.3 Å². The lowest BCUT2D eigenvalue weighted by atomic mass is 9.93. The van der Waals surface area contributed by atoms with Gasteiger partial charge >= 0.3 is 0 Å². The Labute approximate surface area is 442 Å². The molecule has 7 nitrogen and oxygen atoms in total. The summed E-state index contributed by atoms with van der Waals surface area (Å²) in [5.41, 5.74) is 15.0. The van der Waals surface area contributed by atoms with Crippen molar-refractivity contribution in [3.8, 4) is 62.1 Å². The molecule has 77 heavy (non-hydrogen) atoms. The van der Waals surface area contributed by atoms with Gasteiger partial charge in [0.15, 0.2) is 17.5 Å². The molecule has 11 aromatic carbocycles. The van der Waals surface area contributed by atoms with E-state index < -0.39 is 0 Å². The number of nitrogens with zero attached hydrogens (tertiary/aromatic N) is 4. The molecule has 0 N–H and O–H groups in total. The minimum atomic E-state index is 0.540. The van der Waals surface area contributed by atoms with E-state index in [4.69, 9.17) is 28.2 Å². The molecule has 8 heteroatoms. The number of para-hydroxylation sites is 4. The minimum Gasteiger partial charge on any atom is -0.456 e. The molecule has 358 valence electrons. The van der Waals surface area contributed by atoms with Crippen molar-refractivity contribution in [1.29, 1.82) is 0 Å². The van der Waals surface area contributed by atoms with Crippen LogP contribution in [0.1, 0.15) is 0 Å². The third-order valence-corrected chi connectivity index (χ3v) is 16.6. The number of thiophene rings is 1. The Kier molecular flexibility index (Phi) is 8.87. The molecule has 0 unspecified atom stereocenters. The van der Waals surface area contributed by atoms with Gasteiger partial charge in [0.25, 0.3) is 0 Å². The highest BCUT2D eigenvalue weighted by Crippen LogP contribution is 2.46. The van der Waals surface area contributed by atoms with E-state index in [-0.39, 0.29) is 0 Å². The Morgan fingerprint density at radius 1 is 0.286 bits per heavy atom. The first kappa shape index (κ1) is 42.2.